The lowest BCUT2D eigenvalue weighted by Crippen LogP contribution is -2.14. The fourth-order valence-corrected chi connectivity index (χ4v) is 2.15. The fraction of sp³-hybridized carbons (Fsp3) is 0.533. The van der Waals surface area contributed by atoms with Crippen molar-refractivity contribution < 1.29 is 23.1 Å². The molecule has 6 heteroatoms. The number of benzene rings is 1. The molecule has 0 spiro atoms. The summed E-state index contributed by atoms with van der Waals surface area (Å²) in [5.41, 5.74) is 0. The van der Waals surface area contributed by atoms with E-state index in [2.05, 4.69) is 0 Å². The normalized spacial score (nSPS) is 13.4. The first-order chi connectivity index (χ1) is 10.1. The fourth-order valence-electron chi connectivity index (χ4n) is 1.46. The molecule has 0 aliphatic heterocycles. The molecule has 0 bridgehead atoms. The van der Waals surface area contributed by atoms with Crippen LogP contribution in [0.3, 0.4) is 0 Å². The van der Waals surface area contributed by atoms with Crippen LogP contribution >= 0.6 is 8.25 Å². The number of unbranched alkanes of at least 4 members (excludes halogenated alkanes) is 1. The van der Waals surface area contributed by atoms with Crippen molar-refractivity contribution in [2.75, 3.05) is 13.2 Å². The molecule has 1 rings (SSSR count). The van der Waals surface area contributed by atoms with Crippen molar-refractivity contribution in [2.45, 2.75) is 33.1 Å². The highest BCUT2D eigenvalue weighted by Crippen LogP contribution is 2.27. The van der Waals surface area contributed by atoms with Crippen molar-refractivity contribution in [1.29, 1.82) is 0 Å². The molecule has 0 heterocycles. The molecular formula is C15H23O5P. The van der Waals surface area contributed by atoms with Crippen LogP contribution in [0.25, 0.3) is 0 Å². The first-order valence-corrected chi connectivity index (χ1v) is 8.42. The minimum atomic E-state index is -2.52. The number of para-hydroxylation sites is 1. The minimum Gasteiger partial charge on any atom is -0.465 e. The second-order valence-electron chi connectivity index (χ2n) is 4.70. The van der Waals surface area contributed by atoms with Gasteiger partial charge in [-0.15, -0.1) is 0 Å². The average molecular weight is 314 g/mol. The highest BCUT2D eigenvalue weighted by molar-refractivity contribution is 7.33. The van der Waals surface area contributed by atoms with Gasteiger partial charge in [-0.2, -0.15) is 0 Å². The number of hydrogen-bond acceptors (Lipinski definition) is 5. The Kier molecular flexibility index (Phi) is 8.79. The molecule has 0 radical (unpaired) electrons. The van der Waals surface area contributed by atoms with Crippen molar-refractivity contribution in [3.8, 4) is 5.75 Å². The van der Waals surface area contributed by atoms with Gasteiger partial charge in [0.15, 0.2) is 0 Å². The minimum absolute atomic E-state index is 0.0584. The number of ether oxygens (including phenoxy) is 1. The summed E-state index contributed by atoms with van der Waals surface area (Å²) in [5.74, 6) is 0.306. The van der Waals surface area contributed by atoms with E-state index >= 15 is 0 Å². The lowest BCUT2D eigenvalue weighted by molar-refractivity contribution is -0.148. The third-order valence-electron chi connectivity index (χ3n) is 2.96. The molecule has 2 unspecified atom stereocenters. The summed E-state index contributed by atoms with van der Waals surface area (Å²) in [7, 11) is -2.52. The molecule has 0 saturated carbocycles. The predicted molar refractivity (Wildman–Crippen MR) is 81.7 cm³/mol. The van der Waals surface area contributed by atoms with E-state index in [1.54, 1.807) is 24.3 Å². The molecule has 0 amide bonds. The standard InChI is InChI=1S/C15H23O5P/c1-3-13(2)15(16)18-11-7-8-12-19-21(17)20-14-9-5-4-6-10-14/h4-6,9-10,13,21H,3,7-8,11-12H2,1-2H3. The Morgan fingerprint density at radius 3 is 2.52 bits per heavy atom. The van der Waals surface area contributed by atoms with Crippen LogP contribution in [-0.2, 0) is 18.6 Å². The van der Waals surface area contributed by atoms with Gasteiger partial charge < -0.3 is 13.8 Å². The highest BCUT2D eigenvalue weighted by Gasteiger charge is 2.11. The van der Waals surface area contributed by atoms with Crippen LogP contribution in [0.2, 0.25) is 0 Å². The molecule has 5 nitrogen and oxygen atoms in total. The van der Waals surface area contributed by atoms with Crippen molar-refractivity contribution in [2.24, 2.45) is 5.92 Å². The number of carbonyl (C=O) groups is 1. The maximum Gasteiger partial charge on any atom is 0.367 e. The van der Waals surface area contributed by atoms with Gasteiger partial charge in [-0.3, -0.25) is 4.79 Å². The summed E-state index contributed by atoms with van der Waals surface area (Å²) in [4.78, 5) is 11.4. The number of esters is 1. The van der Waals surface area contributed by atoms with E-state index < -0.39 is 8.25 Å². The molecule has 0 aliphatic rings. The van der Waals surface area contributed by atoms with Gasteiger partial charge in [0.2, 0.25) is 0 Å². The van der Waals surface area contributed by atoms with Crippen LogP contribution in [0, 0.1) is 5.92 Å². The molecule has 0 fully saturated rings. The average Bonchev–Trinajstić information content (AvgIpc) is 2.50. The molecule has 118 valence electrons. The van der Waals surface area contributed by atoms with Gasteiger partial charge in [-0.05, 0) is 31.4 Å². The van der Waals surface area contributed by atoms with E-state index in [0.717, 1.165) is 6.42 Å². The topological polar surface area (TPSA) is 61.8 Å². The summed E-state index contributed by atoms with van der Waals surface area (Å²) >= 11 is 0. The number of carbonyl (C=O) groups excluding carboxylic acids is 1. The predicted octanol–water partition coefficient (Wildman–Crippen LogP) is 3.84. The third-order valence-corrected chi connectivity index (χ3v) is 3.80. The largest absolute Gasteiger partial charge is 0.465 e. The van der Waals surface area contributed by atoms with Gasteiger partial charge in [0.05, 0.1) is 19.1 Å². The SMILES string of the molecule is CCC(C)C(=O)OCCCCO[PH](=O)Oc1ccccc1. The van der Waals surface area contributed by atoms with E-state index in [9.17, 15) is 9.36 Å². The van der Waals surface area contributed by atoms with Crippen LogP contribution in [0.1, 0.15) is 33.1 Å². The maximum atomic E-state index is 11.5. The van der Waals surface area contributed by atoms with Gasteiger partial charge >= 0.3 is 14.2 Å². The Labute approximate surface area is 126 Å². The molecule has 0 N–H and O–H groups in total. The second kappa shape index (κ2) is 10.4. The molecule has 21 heavy (non-hydrogen) atoms. The molecule has 1 aromatic carbocycles. The molecule has 0 saturated heterocycles. The maximum absolute atomic E-state index is 11.5. The van der Waals surface area contributed by atoms with Crippen LogP contribution < -0.4 is 4.52 Å². The van der Waals surface area contributed by atoms with Crippen molar-refractivity contribution in [3.05, 3.63) is 30.3 Å². The Morgan fingerprint density at radius 1 is 1.19 bits per heavy atom. The van der Waals surface area contributed by atoms with Gasteiger partial charge in [0.25, 0.3) is 0 Å². The Hall–Kier alpha value is -1.32. The summed E-state index contributed by atoms with van der Waals surface area (Å²) in [5, 5.41) is 0. The van der Waals surface area contributed by atoms with Crippen LogP contribution in [0.5, 0.6) is 5.75 Å². The van der Waals surface area contributed by atoms with Crippen molar-refractivity contribution in [1.82, 2.24) is 0 Å². The monoisotopic (exact) mass is 314 g/mol. The van der Waals surface area contributed by atoms with E-state index in [1.807, 2.05) is 19.9 Å². The molecule has 1 aromatic rings. The van der Waals surface area contributed by atoms with Crippen LogP contribution in [0.15, 0.2) is 30.3 Å². The smallest absolute Gasteiger partial charge is 0.367 e. The zero-order chi connectivity index (χ0) is 15.5. The zero-order valence-electron chi connectivity index (χ0n) is 12.5. The summed E-state index contributed by atoms with van der Waals surface area (Å²) in [6.07, 6.45) is 2.13. The van der Waals surface area contributed by atoms with E-state index in [0.29, 0.717) is 31.8 Å². The Balaban J connectivity index is 2.04. The molecule has 2 atom stereocenters. The van der Waals surface area contributed by atoms with Crippen molar-refractivity contribution >= 4 is 14.2 Å². The van der Waals surface area contributed by atoms with E-state index in [1.165, 1.54) is 0 Å². The first-order valence-electron chi connectivity index (χ1n) is 7.19. The summed E-state index contributed by atoms with van der Waals surface area (Å²) < 4.78 is 26.9. The Morgan fingerprint density at radius 2 is 1.86 bits per heavy atom. The molecule has 0 aliphatic carbocycles. The van der Waals surface area contributed by atoms with E-state index in [-0.39, 0.29) is 11.9 Å². The van der Waals surface area contributed by atoms with E-state index in [4.69, 9.17) is 13.8 Å². The van der Waals surface area contributed by atoms with Crippen LogP contribution in [0.4, 0.5) is 0 Å². The third kappa shape index (κ3) is 7.88. The Bertz CT molecular complexity index is 435. The second-order valence-corrected chi connectivity index (χ2v) is 5.69. The van der Waals surface area contributed by atoms with Crippen molar-refractivity contribution in [3.63, 3.8) is 0 Å². The zero-order valence-corrected chi connectivity index (χ0v) is 13.5. The van der Waals surface area contributed by atoms with Crippen LogP contribution in [-0.4, -0.2) is 19.2 Å². The van der Waals surface area contributed by atoms with Gasteiger partial charge in [-0.1, -0.05) is 32.0 Å². The highest BCUT2D eigenvalue weighted by atomic mass is 31.1. The number of hydrogen-bond donors (Lipinski definition) is 0. The van der Waals surface area contributed by atoms with Gasteiger partial charge in [0.1, 0.15) is 5.75 Å². The van der Waals surface area contributed by atoms with Gasteiger partial charge in [0, 0.05) is 0 Å². The molecular weight excluding hydrogens is 291 g/mol. The summed E-state index contributed by atoms with van der Waals surface area (Å²) in [6, 6.07) is 8.90. The van der Waals surface area contributed by atoms with Gasteiger partial charge in [-0.25, -0.2) is 4.57 Å². The molecule has 0 aromatic heterocycles. The quantitative estimate of drug-likeness (QED) is 0.373. The first kappa shape index (κ1) is 17.7. The lowest BCUT2D eigenvalue weighted by Gasteiger charge is -2.09. The number of rotatable bonds is 10. The summed E-state index contributed by atoms with van der Waals surface area (Å²) in [6.45, 7) is 4.49. The lowest BCUT2D eigenvalue weighted by atomic mass is 10.1.